The van der Waals surface area contributed by atoms with Crippen molar-refractivity contribution < 1.29 is 4.42 Å². The number of thiazole rings is 1. The maximum absolute atomic E-state index is 5.55. The summed E-state index contributed by atoms with van der Waals surface area (Å²) in [5.41, 5.74) is 1.14. The minimum Gasteiger partial charge on any atom is -0.468 e. The lowest BCUT2D eigenvalue weighted by Gasteiger charge is -2.23. The van der Waals surface area contributed by atoms with Crippen LogP contribution >= 0.6 is 11.3 Å². The molecule has 0 saturated carbocycles. The van der Waals surface area contributed by atoms with Gasteiger partial charge in [-0.2, -0.15) is 0 Å². The van der Waals surface area contributed by atoms with E-state index in [9.17, 15) is 0 Å². The van der Waals surface area contributed by atoms with Crippen molar-refractivity contribution in [3.05, 3.63) is 40.2 Å². The van der Waals surface area contributed by atoms with E-state index in [1.807, 2.05) is 26.2 Å². The van der Waals surface area contributed by atoms with Crippen molar-refractivity contribution in [2.24, 2.45) is 4.99 Å². The molecule has 7 heteroatoms. The van der Waals surface area contributed by atoms with Crippen LogP contribution in [-0.2, 0) is 6.54 Å². The molecule has 2 N–H and O–H groups in total. The van der Waals surface area contributed by atoms with Gasteiger partial charge in [0.05, 0.1) is 24.5 Å². The van der Waals surface area contributed by atoms with Crippen LogP contribution in [0.5, 0.6) is 0 Å². The van der Waals surface area contributed by atoms with Crippen LogP contribution in [0.2, 0.25) is 0 Å². The number of aliphatic imine (C=N–C) groups is 1. The number of nitrogens with zero attached hydrogens (tertiary/aromatic N) is 3. The Labute approximate surface area is 154 Å². The molecule has 138 valence electrons. The third-order valence-electron chi connectivity index (χ3n) is 3.84. The highest BCUT2D eigenvalue weighted by molar-refractivity contribution is 7.09. The molecule has 6 nitrogen and oxygen atoms in total. The van der Waals surface area contributed by atoms with Crippen molar-refractivity contribution in [2.75, 3.05) is 27.2 Å². The molecule has 0 saturated heterocycles. The molecule has 0 aliphatic heterocycles. The summed E-state index contributed by atoms with van der Waals surface area (Å²) in [4.78, 5) is 11.4. The molecule has 25 heavy (non-hydrogen) atoms. The summed E-state index contributed by atoms with van der Waals surface area (Å²) in [5.74, 6) is 2.19. The quantitative estimate of drug-likeness (QED) is 0.557. The molecule has 0 bridgehead atoms. The van der Waals surface area contributed by atoms with Crippen molar-refractivity contribution in [2.45, 2.75) is 39.3 Å². The SMILES string of the molecule is CCNC(=NCc1nc(C(C)C)cs1)NCC(c1ccco1)N(C)C. The summed E-state index contributed by atoms with van der Waals surface area (Å²) in [6.07, 6.45) is 1.71. The van der Waals surface area contributed by atoms with Crippen LogP contribution < -0.4 is 10.6 Å². The fourth-order valence-electron chi connectivity index (χ4n) is 2.36. The van der Waals surface area contributed by atoms with E-state index >= 15 is 0 Å². The smallest absolute Gasteiger partial charge is 0.191 e. The summed E-state index contributed by atoms with van der Waals surface area (Å²) in [6.45, 7) is 8.48. The van der Waals surface area contributed by atoms with Gasteiger partial charge in [-0.1, -0.05) is 13.8 Å². The molecule has 0 amide bonds. The van der Waals surface area contributed by atoms with E-state index in [0.29, 0.717) is 19.0 Å². The van der Waals surface area contributed by atoms with Crippen molar-refractivity contribution >= 4 is 17.3 Å². The van der Waals surface area contributed by atoms with Gasteiger partial charge in [0.1, 0.15) is 10.8 Å². The van der Waals surface area contributed by atoms with Crippen LogP contribution in [0.1, 0.15) is 49.2 Å². The third kappa shape index (κ3) is 5.86. The summed E-state index contributed by atoms with van der Waals surface area (Å²) in [7, 11) is 4.09. The average molecular weight is 364 g/mol. The lowest BCUT2D eigenvalue weighted by Crippen LogP contribution is -2.41. The first kappa shape index (κ1) is 19.5. The predicted octanol–water partition coefficient (Wildman–Crippen LogP) is 3.22. The van der Waals surface area contributed by atoms with Gasteiger partial charge in [0.15, 0.2) is 5.96 Å². The van der Waals surface area contributed by atoms with Crippen LogP contribution in [-0.4, -0.2) is 43.0 Å². The number of rotatable bonds is 8. The Kier molecular flexibility index (Phi) is 7.46. The predicted molar refractivity (Wildman–Crippen MR) is 104 cm³/mol. The van der Waals surface area contributed by atoms with E-state index in [-0.39, 0.29) is 6.04 Å². The Morgan fingerprint density at radius 2 is 2.16 bits per heavy atom. The first-order chi connectivity index (χ1) is 12.0. The van der Waals surface area contributed by atoms with Crippen molar-refractivity contribution in [1.29, 1.82) is 0 Å². The Balaban J connectivity index is 1.98. The lowest BCUT2D eigenvalue weighted by atomic mass is 10.2. The number of likely N-dealkylation sites (N-methyl/N-ethyl adjacent to an activating group) is 1. The Hall–Kier alpha value is -1.86. The zero-order valence-electron chi connectivity index (χ0n) is 15.7. The first-order valence-corrected chi connectivity index (χ1v) is 9.55. The number of furan rings is 1. The minimum absolute atomic E-state index is 0.145. The van der Waals surface area contributed by atoms with E-state index in [4.69, 9.17) is 4.42 Å². The molecule has 2 heterocycles. The van der Waals surface area contributed by atoms with Crippen LogP contribution in [0.25, 0.3) is 0 Å². The van der Waals surface area contributed by atoms with Crippen molar-refractivity contribution in [3.8, 4) is 0 Å². The number of hydrogen-bond acceptors (Lipinski definition) is 5. The van der Waals surface area contributed by atoms with E-state index in [0.717, 1.165) is 29.0 Å². The number of aromatic nitrogens is 1. The summed E-state index contributed by atoms with van der Waals surface area (Å²) >= 11 is 1.67. The normalized spacial score (nSPS) is 13.5. The van der Waals surface area contributed by atoms with Gasteiger partial charge in [-0.05, 0) is 39.1 Å². The zero-order valence-corrected chi connectivity index (χ0v) is 16.6. The maximum Gasteiger partial charge on any atom is 0.191 e. The average Bonchev–Trinajstić information content (AvgIpc) is 3.24. The second-order valence-corrected chi connectivity index (χ2v) is 7.33. The molecular formula is C18H29N5OS. The number of hydrogen-bond donors (Lipinski definition) is 2. The Morgan fingerprint density at radius 3 is 2.72 bits per heavy atom. The van der Waals surface area contributed by atoms with Gasteiger partial charge < -0.3 is 15.1 Å². The third-order valence-corrected chi connectivity index (χ3v) is 4.69. The largest absolute Gasteiger partial charge is 0.468 e. The molecule has 0 fully saturated rings. The van der Waals surface area contributed by atoms with Crippen molar-refractivity contribution in [3.63, 3.8) is 0 Å². The molecule has 0 spiro atoms. The van der Waals surface area contributed by atoms with Gasteiger partial charge in [0.25, 0.3) is 0 Å². The molecular weight excluding hydrogens is 334 g/mol. The van der Waals surface area contributed by atoms with Gasteiger partial charge >= 0.3 is 0 Å². The number of guanidine groups is 1. The summed E-state index contributed by atoms with van der Waals surface area (Å²) in [6, 6.07) is 4.06. The Morgan fingerprint density at radius 1 is 1.36 bits per heavy atom. The second kappa shape index (κ2) is 9.58. The van der Waals surface area contributed by atoms with Gasteiger partial charge in [-0.3, -0.25) is 4.90 Å². The van der Waals surface area contributed by atoms with Crippen LogP contribution in [0.4, 0.5) is 0 Å². The zero-order chi connectivity index (χ0) is 18.2. The first-order valence-electron chi connectivity index (χ1n) is 8.67. The molecule has 2 rings (SSSR count). The molecule has 0 radical (unpaired) electrons. The standard InChI is InChI=1S/C18H29N5OS/c1-6-19-18(21-11-17-22-14(12-25-17)13(2)3)20-10-15(23(4)5)16-8-7-9-24-16/h7-9,12-13,15H,6,10-11H2,1-5H3,(H2,19,20,21). The monoisotopic (exact) mass is 363 g/mol. The molecule has 2 aromatic heterocycles. The highest BCUT2D eigenvalue weighted by Gasteiger charge is 2.17. The van der Waals surface area contributed by atoms with Gasteiger partial charge in [-0.25, -0.2) is 9.98 Å². The maximum atomic E-state index is 5.55. The Bertz CT molecular complexity index is 648. The molecule has 0 aliphatic rings. The van der Waals surface area contributed by atoms with Crippen LogP contribution in [0.3, 0.4) is 0 Å². The van der Waals surface area contributed by atoms with E-state index in [1.54, 1.807) is 17.6 Å². The fraction of sp³-hybridized carbons (Fsp3) is 0.556. The van der Waals surface area contributed by atoms with Crippen molar-refractivity contribution in [1.82, 2.24) is 20.5 Å². The highest BCUT2D eigenvalue weighted by atomic mass is 32.1. The van der Waals surface area contributed by atoms with Gasteiger partial charge in [0.2, 0.25) is 0 Å². The van der Waals surface area contributed by atoms with Crippen LogP contribution in [0, 0.1) is 0 Å². The van der Waals surface area contributed by atoms with E-state index in [2.05, 4.69) is 51.7 Å². The molecule has 1 atom stereocenters. The molecule has 0 aromatic carbocycles. The number of nitrogens with one attached hydrogen (secondary N) is 2. The second-order valence-electron chi connectivity index (χ2n) is 6.39. The highest BCUT2D eigenvalue weighted by Crippen LogP contribution is 2.19. The molecule has 1 unspecified atom stereocenters. The summed E-state index contributed by atoms with van der Waals surface area (Å²) in [5, 5.41) is 9.85. The fourth-order valence-corrected chi connectivity index (χ4v) is 3.24. The molecule has 2 aromatic rings. The lowest BCUT2D eigenvalue weighted by molar-refractivity contribution is 0.258. The minimum atomic E-state index is 0.145. The van der Waals surface area contributed by atoms with E-state index in [1.165, 1.54) is 0 Å². The topological polar surface area (TPSA) is 65.7 Å². The van der Waals surface area contributed by atoms with Gasteiger partial charge in [0, 0.05) is 18.5 Å². The van der Waals surface area contributed by atoms with Crippen LogP contribution in [0.15, 0.2) is 33.2 Å². The van der Waals surface area contributed by atoms with Gasteiger partial charge in [-0.15, -0.1) is 11.3 Å². The van der Waals surface area contributed by atoms with E-state index < -0.39 is 0 Å². The molecule has 0 aliphatic carbocycles. The summed E-state index contributed by atoms with van der Waals surface area (Å²) < 4.78 is 5.55.